The maximum absolute atomic E-state index is 11.7. The molecule has 11 heteroatoms. The Balaban J connectivity index is 1.50. The molecule has 0 radical (unpaired) electrons. The zero-order chi connectivity index (χ0) is 26.1. The predicted octanol–water partition coefficient (Wildman–Crippen LogP) is 4.31. The van der Waals surface area contributed by atoms with Crippen LogP contribution in [0, 0.1) is 18.4 Å². The second-order valence-electron chi connectivity index (χ2n) is 8.99. The Morgan fingerprint density at radius 2 is 2.22 bits per heavy atom. The summed E-state index contributed by atoms with van der Waals surface area (Å²) >= 11 is 6.46. The number of halogens is 1. The first-order valence-electron chi connectivity index (χ1n) is 11.9. The zero-order valence-corrected chi connectivity index (χ0v) is 21.5. The number of carbonyl (C=O) groups is 1. The third-order valence-corrected chi connectivity index (χ3v) is 6.99. The van der Waals surface area contributed by atoms with Crippen LogP contribution in [0.3, 0.4) is 0 Å². The van der Waals surface area contributed by atoms with Gasteiger partial charge in [-0.05, 0) is 38.5 Å². The SMILES string of the molecule is COC(=O)CC[C@H]1Cn2nc(-c3cc(OC(C)c4ccccn4)c4c(Cl)cnn4c3)c(C)c2CN1C#N. The molecule has 1 aliphatic rings. The minimum atomic E-state index is -0.317. The molecule has 0 saturated heterocycles. The van der Waals surface area contributed by atoms with Gasteiger partial charge in [0.25, 0.3) is 0 Å². The second-order valence-corrected chi connectivity index (χ2v) is 9.40. The fourth-order valence-corrected chi connectivity index (χ4v) is 4.91. The summed E-state index contributed by atoms with van der Waals surface area (Å²) in [7, 11) is 1.37. The van der Waals surface area contributed by atoms with E-state index in [0.717, 1.165) is 28.2 Å². The highest BCUT2D eigenvalue weighted by molar-refractivity contribution is 6.34. The first-order valence-corrected chi connectivity index (χ1v) is 12.3. The quantitative estimate of drug-likeness (QED) is 0.262. The van der Waals surface area contributed by atoms with Gasteiger partial charge in [-0.15, -0.1) is 0 Å². The number of pyridine rings is 2. The lowest BCUT2D eigenvalue weighted by Gasteiger charge is -2.32. The van der Waals surface area contributed by atoms with Gasteiger partial charge in [0.05, 0.1) is 54.5 Å². The lowest BCUT2D eigenvalue weighted by atomic mass is 10.0. The van der Waals surface area contributed by atoms with Gasteiger partial charge >= 0.3 is 5.97 Å². The predicted molar refractivity (Wildman–Crippen MR) is 136 cm³/mol. The monoisotopic (exact) mass is 519 g/mol. The van der Waals surface area contributed by atoms with Gasteiger partial charge in [-0.3, -0.25) is 19.4 Å². The van der Waals surface area contributed by atoms with Gasteiger partial charge in [0.15, 0.2) is 6.19 Å². The van der Waals surface area contributed by atoms with Gasteiger partial charge in [0.1, 0.15) is 17.4 Å². The van der Waals surface area contributed by atoms with E-state index in [0.29, 0.717) is 35.8 Å². The van der Waals surface area contributed by atoms with Crippen molar-refractivity contribution in [3.63, 3.8) is 0 Å². The molecule has 0 N–H and O–H groups in total. The van der Waals surface area contributed by atoms with Crippen LogP contribution >= 0.6 is 11.6 Å². The van der Waals surface area contributed by atoms with E-state index in [1.807, 2.05) is 49.0 Å². The maximum Gasteiger partial charge on any atom is 0.305 e. The van der Waals surface area contributed by atoms with E-state index < -0.39 is 0 Å². The third-order valence-electron chi connectivity index (χ3n) is 6.72. The molecule has 190 valence electrons. The lowest BCUT2D eigenvalue weighted by Crippen LogP contribution is -2.40. The fourth-order valence-electron chi connectivity index (χ4n) is 4.69. The van der Waals surface area contributed by atoms with Crippen molar-refractivity contribution >= 4 is 23.1 Å². The molecule has 0 fully saturated rings. The topological polar surface area (TPSA) is 111 Å². The number of carbonyl (C=O) groups excluding carboxylic acids is 1. The van der Waals surface area contributed by atoms with E-state index in [2.05, 4.69) is 16.3 Å². The molecule has 4 aromatic heterocycles. The molecule has 0 amide bonds. The number of ether oxygens (including phenoxy) is 2. The summed E-state index contributed by atoms with van der Waals surface area (Å²) < 4.78 is 14.7. The van der Waals surface area contributed by atoms with Crippen LogP contribution < -0.4 is 4.74 Å². The average molecular weight is 520 g/mol. The summed E-state index contributed by atoms with van der Waals surface area (Å²) in [5.74, 6) is 0.276. The summed E-state index contributed by atoms with van der Waals surface area (Å²) in [6.45, 7) is 4.84. The highest BCUT2D eigenvalue weighted by atomic mass is 35.5. The van der Waals surface area contributed by atoms with Crippen molar-refractivity contribution in [2.75, 3.05) is 7.11 Å². The van der Waals surface area contributed by atoms with Crippen LogP contribution in [0.25, 0.3) is 16.8 Å². The Labute approximate surface area is 219 Å². The standard InChI is InChI=1S/C26H26ClN7O3/c1-16-22-14-32(15-28)19(7-8-24(35)36-3)13-33(22)31-25(16)18-10-23(26-20(27)11-30-34(26)12-18)37-17(2)21-6-4-5-9-29-21/h4-6,9-12,17,19H,7-8,13-14H2,1-3H3/t17?,19-/m0/s1. The number of hydrogen-bond donors (Lipinski definition) is 0. The smallest absolute Gasteiger partial charge is 0.305 e. The first-order chi connectivity index (χ1) is 17.9. The van der Waals surface area contributed by atoms with Crippen LogP contribution in [0.15, 0.2) is 42.9 Å². The second kappa shape index (κ2) is 10.1. The van der Waals surface area contributed by atoms with Gasteiger partial charge in [-0.2, -0.15) is 15.5 Å². The Morgan fingerprint density at radius 3 is 2.95 bits per heavy atom. The first kappa shape index (κ1) is 24.6. The Morgan fingerprint density at radius 1 is 1.38 bits per heavy atom. The van der Waals surface area contributed by atoms with Gasteiger partial charge in [0.2, 0.25) is 0 Å². The summed E-state index contributed by atoms with van der Waals surface area (Å²) in [5.41, 5.74) is 4.95. The Kier molecular flexibility index (Phi) is 6.72. The molecule has 5 rings (SSSR count). The summed E-state index contributed by atoms with van der Waals surface area (Å²) in [6, 6.07) is 7.46. The van der Waals surface area contributed by atoms with E-state index in [1.54, 1.807) is 21.8 Å². The number of fused-ring (bicyclic) bond motifs is 2. The molecule has 1 unspecified atom stereocenters. The Bertz CT molecular complexity index is 1490. The minimum absolute atomic E-state index is 0.144. The molecule has 2 atom stereocenters. The van der Waals surface area contributed by atoms with Crippen LogP contribution in [-0.4, -0.2) is 48.4 Å². The van der Waals surface area contributed by atoms with E-state index in [-0.39, 0.29) is 24.5 Å². The molecule has 1 aliphatic heterocycles. The van der Waals surface area contributed by atoms with Crippen molar-refractivity contribution in [2.45, 2.75) is 51.9 Å². The number of nitrogens with zero attached hydrogens (tertiary/aromatic N) is 7. The van der Waals surface area contributed by atoms with E-state index in [9.17, 15) is 10.1 Å². The van der Waals surface area contributed by atoms with Crippen molar-refractivity contribution in [1.82, 2.24) is 29.3 Å². The van der Waals surface area contributed by atoms with Crippen LogP contribution in [0.1, 0.15) is 42.8 Å². The van der Waals surface area contributed by atoms with Crippen molar-refractivity contribution in [1.29, 1.82) is 5.26 Å². The molecule has 5 heterocycles. The van der Waals surface area contributed by atoms with E-state index in [4.69, 9.17) is 26.2 Å². The Hall–Kier alpha value is -4.10. The molecular weight excluding hydrogens is 494 g/mol. The van der Waals surface area contributed by atoms with Crippen LogP contribution in [0.5, 0.6) is 5.75 Å². The highest BCUT2D eigenvalue weighted by Crippen LogP contribution is 2.36. The normalized spacial score (nSPS) is 15.8. The molecule has 4 aromatic rings. The van der Waals surface area contributed by atoms with E-state index >= 15 is 0 Å². The number of aromatic nitrogens is 5. The molecule has 0 saturated carbocycles. The molecule has 0 bridgehead atoms. The molecule has 10 nitrogen and oxygen atoms in total. The fraction of sp³-hybridized carbons (Fsp3) is 0.346. The van der Waals surface area contributed by atoms with E-state index in [1.165, 1.54) is 7.11 Å². The number of rotatable bonds is 7. The van der Waals surface area contributed by atoms with Crippen molar-refractivity contribution < 1.29 is 14.3 Å². The van der Waals surface area contributed by atoms with Crippen LogP contribution in [-0.2, 0) is 22.6 Å². The number of nitriles is 1. The molecule has 0 aromatic carbocycles. The molecular formula is C26H26ClN7O3. The lowest BCUT2D eigenvalue weighted by molar-refractivity contribution is -0.141. The summed E-state index contributed by atoms with van der Waals surface area (Å²) in [5, 5.41) is 19.5. The van der Waals surface area contributed by atoms with Crippen LogP contribution in [0.4, 0.5) is 0 Å². The maximum atomic E-state index is 11.7. The molecule has 0 aliphatic carbocycles. The van der Waals surface area contributed by atoms with Crippen molar-refractivity contribution in [3.8, 4) is 23.2 Å². The van der Waals surface area contributed by atoms with Gasteiger partial charge in [-0.25, -0.2) is 4.52 Å². The van der Waals surface area contributed by atoms with Crippen molar-refractivity contribution in [2.24, 2.45) is 0 Å². The number of methoxy groups -OCH3 is 1. The van der Waals surface area contributed by atoms with Gasteiger partial charge in [0, 0.05) is 29.9 Å². The average Bonchev–Trinajstić information content (AvgIpc) is 3.46. The summed E-state index contributed by atoms with van der Waals surface area (Å²) in [4.78, 5) is 17.8. The highest BCUT2D eigenvalue weighted by Gasteiger charge is 2.30. The van der Waals surface area contributed by atoms with Crippen LogP contribution in [0.2, 0.25) is 5.02 Å². The zero-order valence-electron chi connectivity index (χ0n) is 20.8. The van der Waals surface area contributed by atoms with Gasteiger partial charge < -0.3 is 9.47 Å². The third kappa shape index (κ3) is 4.70. The number of esters is 1. The summed E-state index contributed by atoms with van der Waals surface area (Å²) in [6.07, 6.45) is 7.89. The minimum Gasteiger partial charge on any atom is -0.482 e. The van der Waals surface area contributed by atoms with Crippen molar-refractivity contribution in [3.05, 3.63) is 64.8 Å². The molecule has 0 spiro atoms. The molecule has 37 heavy (non-hydrogen) atoms. The largest absolute Gasteiger partial charge is 0.482 e. The number of hydrogen-bond acceptors (Lipinski definition) is 8. The van der Waals surface area contributed by atoms with Gasteiger partial charge in [-0.1, -0.05) is 17.7 Å².